The van der Waals surface area contributed by atoms with Gasteiger partial charge in [-0.1, -0.05) is 0 Å². The van der Waals surface area contributed by atoms with Crippen molar-refractivity contribution < 1.29 is 32.9 Å². The molecule has 0 aliphatic rings. The molecule has 106 valence electrons. The second-order valence-corrected chi connectivity index (χ2v) is 4.73. The third-order valence-electron chi connectivity index (χ3n) is 2.18. The Kier molecular flexibility index (Phi) is 5.02. The van der Waals surface area contributed by atoms with Gasteiger partial charge in [-0.05, 0) is 31.2 Å². The van der Waals surface area contributed by atoms with Gasteiger partial charge in [0.2, 0.25) is 0 Å². The van der Waals surface area contributed by atoms with Crippen molar-refractivity contribution in [3.63, 3.8) is 0 Å². The normalized spacial score (nSPS) is 12.9. The minimum absolute atomic E-state index is 0.332. The number of benzene rings is 1. The van der Waals surface area contributed by atoms with Crippen LogP contribution in [0.25, 0.3) is 0 Å². The zero-order chi connectivity index (χ0) is 14.6. The molecule has 1 aromatic carbocycles. The Bertz CT molecular complexity index is 487. The van der Waals surface area contributed by atoms with Gasteiger partial charge in [0.15, 0.2) is 6.04 Å². The fourth-order valence-corrected chi connectivity index (χ4v) is 1.75. The molecule has 7 nitrogen and oxygen atoms in total. The van der Waals surface area contributed by atoms with Crippen LogP contribution in [0.1, 0.15) is 6.92 Å². The van der Waals surface area contributed by atoms with Crippen LogP contribution in [0.4, 0.5) is 10.1 Å². The highest BCUT2D eigenvalue weighted by Crippen LogP contribution is 2.36. The van der Waals surface area contributed by atoms with E-state index in [1.54, 1.807) is 0 Å². The van der Waals surface area contributed by atoms with Gasteiger partial charge in [0.25, 0.3) is 0 Å². The summed E-state index contributed by atoms with van der Waals surface area (Å²) >= 11 is 0. The third-order valence-corrected chi connectivity index (χ3v) is 2.60. The minimum Gasteiger partial charge on any atom is -0.369 e. The molecule has 1 aromatic rings. The van der Waals surface area contributed by atoms with Gasteiger partial charge in [0.1, 0.15) is 5.82 Å². The first-order chi connectivity index (χ1) is 8.74. The summed E-state index contributed by atoms with van der Waals surface area (Å²) in [5.41, 5.74) is 0.332. The van der Waals surface area contributed by atoms with Gasteiger partial charge >= 0.3 is 13.8 Å². The van der Waals surface area contributed by atoms with E-state index in [4.69, 9.17) is 14.6 Å². The quantitative estimate of drug-likeness (QED) is 0.622. The number of rotatable bonds is 5. The molecule has 19 heavy (non-hydrogen) atoms. The average Bonchev–Trinajstić information content (AvgIpc) is 2.30. The summed E-state index contributed by atoms with van der Waals surface area (Å²) in [6, 6.07) is 3.88. The Labute approximate surface area is 108 Å². The van der Waals surface area contributed by atoms with E-state index in [1.807, 2.05) is 0 Å². The fourth-order valence-electron chi connectivity index (χ4n) is 1.36. The molecule has 0 aromatic heterocycles. The second kappa shape index (κ2) is 6.12. The molecule has 0 bridgehead atoms. The van der Waals surface area contributed by atoms with Crippen LogP contribution >= 0.6 is 7.82 Å². The Morgan fingerprint density at radius 3 is 2.32 bits per heavy atom. The van der Waals surface area contributed by atoms with Crippen molar-refractivity contribution in [3.05, 3.63) is 30.1 Å². The lowest BCUT2D eigenvalue weighted by Crippen LogP contribution is -2.39. The van der Waals surface area contributed by atoms with Gasteiger partial charge in [-0.25, -0.2) is 18.8 Å². The number of phosphoric ester groups is 1. The number of halogens is 1. The summed E-state index contributed by atoms with van der Waals surface area (Å²) in [5, 5.41) is 1.04. The van der Waals surface area contributed by atoms with E-state index in [-0.39, 0.29) is 0 Å². The number of hydrogen-bond donors (Lipinski definition) is 2. The van der Waals surface area contributed by atoms with Crippen LogP contribution in [0.2, 0.25) is 0 Å². The molecule has 9 heteroatoms. The monoisotopic (exact) mass is 293 g/mol. The van der Waals surface area contributed by atoms with Crippen LogP contribution in [-0.4, -0.2) is 28.9 Å². The van der Waals surface area contributed by atoms with Crippen LogP contribution in [0, 0.1) is 5.82 Å². The lowest BCUT2D eigenvalue weighted by atomic mass is 10.2. The number of hydroxylamine groups is 1. The molecule has 0 aliphatic heterocycles. The lowest BCUT2D eigenvalue weighted by Gasteiger charge is -2.26. The largest absolute Gasteiger partial charge is 0.527 e. The molecule has 1 atom stereocenters. The Hall–Kier alpha value is -1.47. The molecule has 1 rings (SSSR count). The highest BCUT2D eigenvalue weighted by Gasteiger charge is 2.29. The van der Waals surface area contributed by atoms with E-state index >= 15 is 0 Å². The minimum atomic E-state index is -4.92. The van der Waals surface area contributed by atoms with Crippen LogP contribution in [0.5, 0.6) is 0 Å². The Morgan fingerprint density at radius 2 is 1.89 bits per heavy atom. The van der Waals surface area contributed by atoms with Gasteiger partial charge < -0.3 is 4.52 Å². The van der Waals surface area contributed by atoms with E-state index < -0.39 is 25.7 Å². The standard InChI is InChI=1S/C10H13FNO6P/c1-7(10(13)18-19(14,15)16)12(17-2)9-5-3-8(11)4-6-9/h3-7H,1-2H3,(H2,14,15,16)/t7-/m0/s1. The maximum Gasteiger partial charge on any atom is 0.527 e. The molecule has 0 spiro atoms. The van der Waals surface area contributed by atoms with Crippen molar-refractivity contribution >= 4 is 19.5 Å². The average molecular weight is 293 g/mol. The summed E-state index contributed by atoms with van der Waals surface area (Å²) < 4.78 is 27.3. The van der Waals surface area contributed by atoms with Crippen molar-refractivity contribution in [2.24, 2.45) is 0 Å². The molecule has 0 heterocycles. The molecular weight excluding hydrogens is 280 g/mol. The third kappa shape index (κ3) is 4.60. The summed E-state index contributed by atoms with van der Waals surface area (Å²) in [7, 11) is -3.66. The molecule has 0 fully saturated rings. The molecule has 0 unspecified atom stereocenters. The summed E-state index contributed by atoms with van der Waals surface area (Å²) in [5.74, 6) is -1.63. The summed E-state index contributed by atoms with van der Waals surface area (Å²) in [6.45, 7) is 1.32. The molecule has 0 saturated carbocycles. The number of phosphoric acid groups is 1. The van der Waals surface area contributed by atoms with Crippen molar-refractivity contribution in [3.8, 4) is 0 Å². The van der Waals surface area contributed by atoms with Crippen LogP contribution < -0.4 is 5.06 Å². The number of anilines is 1. The molecule has 0 aliphatic carbocycles. The highest BCUT2D eigenvalue weighted by atomic mass is 31.2. The fraction of sp³-hybridized carbons (Fsp3) is 0.300. The Morgan fingerprint density at radius 1 is 1.37 bits per heavy atom. The topological polar surface area (TPSA) is 96.3 Å². The van der Waals surface area contributed by atoms with Gasteiger partial charge in [-0.15, -0.1) is 0 Å². The smallest absolute Gasteiger partial charge is 0.369 e. The number of carbonyl (C=O) groups is 1. The first kappa shape index (κ1) is 15.6. The van der Waals surface area contributed by atoms with Crippen molar-refractivity contribution in [2.45, 2.75) is 13.0 Å². The van der Waals surface area contributed by atoms with E-state index in [2.05, 4.69) is 4.52 Å². The molecule has 0 saturated heterocycles. The summed E-state index contributed by atoms with van der Waals surface area (Å²) in [6.07, 6.45) is 0. The molecule has 0 radical (unpaired) electrons. The molecule has 0 amide bonds. The number of hydrogen-bond acceptors (Lipinski definition) is 5. The van der Waals surface area contributed by atoms with Crippen molar-refractivity contribution in [2.75, 3.05) is 12.2 Å². The van der Waals surface area contributed by atoms with Crippen molar-refractivity contribution in [1.82, 2.24) is 0 Å². The highest BCUT2D eigenvalue weighted by molar-refractivity contribution is 7.46. The van der Waals surface area contributed by atoms with E-state index in [9.17, 15) is 13.8 Å². The number of nitrogens with zero attached hydrogens (tertiary/aromatic N) is 1. The van der Waals surface area contributed by atoms with Gasteiger partial charge in [-0.3, -0.25) is 14.6 Å². The maximum atomic E-state index is 12.8. The Balaban J connectivity index is 2.88. The zero-order valence-corrected chi connectivity index (χ0v) is 11.1. The molecule has 2 N–H and O–H groups in total. The van der Waals surface area contributed by atoms with Gasteiger partial charge in [0, 0.05) is 0 Å². The zero-order valence-electron chi connectivity index (χ0n) is 10.2. The number of carbonyl (C=O) groups excluding carboxylic acids is 1. The first-order valence-corrected chi connectivity index (χ1v) is 6.65. The van der Waals surface area contributed by atoms with Crippen LogP contribution in [0.15, 0.2) is 24.3 Å². The van der Waals surface area contributed by atoms with E-state index in [1.165, 1.54) is 26.2 Å². The SMILES string of the molecule is CON(c1ccc(F)cc1)[C@@H](C)C(=O)OP(=O)(O)O. The van der Waals surface area contributed by atoms with Crippen LogP contribution in [0.3, 0.4) is 0 Å². The van der Waals surface area contributed by atoms with Crippen LogP contribution in [-0.2, 0) is 18.7 Å². The lowest BCUT2D eigenvalue weighted by molar-refractivity contribution is -0.138. The van der Waals surface area contributed by atoms with E-state index in [0.717, 1.165) is 17.2 Å². The maximum absolute atomic E-state index is 12.8. The second-order valence-electron chi connectivity index (χ2n) is 3.56. The van der Waals surface area contributed by atoms with Gasteiger partial charge in [0.05, 0.1) is 12.8 Å². The van der Waals surface area contributed by atoms with Gasteiger partial charge in [-0.2, -0.15) is 0 Å². The predicted molar refractivity (Wildman–Crippen MR) is 63.5 cm³/mol. The molecular formula is C10H13FNO6P. The summed E-state index contributed by atoms with van der Waals surface area (Å²) in [4.78, 5) is 33.5. The van der Waals surface area contributed by atoms with E-state index in [0.29, 0.717) is 5.69 Å². The van der Waals surface area contributed by atoms with Crippen molar-refractivity contribution in [1.29, 1.82) is 0 Å². The first-order valence-electron chi connectivity index (χ1n) is 5.12. The predicted octanol–water partition coefficient (Wildman–Crippen LogP) is 1.22.